The van der Waals surface area contributed by atoms with Gasteiger partial charge in [0.25, 0.3) is 0 Å². The molecule has 0 atom stereocenters. The first-order chi connectivity index (χ1) is 9.70. The van der Waals surface area contributed by atoms with Crippen LogP contribution in [0, 0.1) is 0 Å². The lowest BCUT2D eigenvalue weighted by atomic mass is 10.1. The van der Waals surface area contributed by atoms with Crippen molar-refractivity contribution in [1.82, 2.24) is 10.2 Å². The summed E-state index contributed by atoms with van der Waals surface area (Å²) in [7, 11) is 1.60. The number of rotatable bonds is 2. The van der Waals surface area contributed by atoms with Gasteiger partial charge in [0, 0.05) is 16.3 Å². The van der Waals surface area contributed by atoms with Crippen LogP contribution in [0.1, 0.15) is 0 Å². The van der Waals surface area contributed by atoms with Crippen molar-refractivity contribution in [3.63, 3.8) is 0 Å². The molecule has 2 aromatic carbocycles. The molecule has 0 aliphatic rings. The summed E-state index contributed by atoms with van der Waals surface area (Å²) in [5.41, 5.74) is 1.51. The maximum atomic E-state index is 6.30. The fourth-order valence-electron chi connectivity index (χ4n) is 2.08. The summed E-state index contributed by atoms with van der Waals surface area (Å²) in [5.74, 6) is 0.699. The summed E-state index contributed by atoms with van der Waals surface area (Å²) < 4.78 is 5.15. The minimum absolute atomic E-state index is 0.383. The number of fused-ring (bicyclic) bond motifs is 1. The van der Waals surface area contributed by atoms with Gasteiger partial charge < -0.3 is 4.74 Å². The van der Waals surface area contributed by atoms with Crippen molar-refractivity contribution in [2.45, 2.75) is 0 Å². The van der Waals surface area contributed by atoms with Crippen LogP contribution in [0.2, 0.25) is 10.2 Å². The van der Waals surface area contributed by atoms with E-state index in [1.807, 2.05) is 36.4 Å². The molecule has 3 aromatic rings. The Bertz CT molecular complexity index is 790. The molecule has 0 aliphatic heterocycles. The van der Waals surface area contributed by atoms with E-state index in [9.17, 15) is 0 Å². The Hall–Kier alpha value is -1.84. The molecule has 3 rings (SSSR count). The number of methoxy groups -OCH3 is 1. The minimum Gasteiger partial charge on any atom is -0.497 e. The summed E-state index contributed by atoms with van der Waals surface area (Å²) >= 11 is 12.4. The van der Waals surface area contributed by atoms with Crippen LogP contribution in [0.3, 0.4) is 0 Å². The van der Waals surface area contributed by atoms with E-state index < -0.39 is 0 Å². The zero-order valence-electron chi connectivity index (χ0n) is 10.6. The highest BCUT2D eigenvalue weighted by atomic mass is 35.5. The molecule has 0 fully saturated rings. The van der Waals surface area contributed by atoms with Crippen molar-refractivity contribution in [2.75, 3.05) is 7.11 Å². The van der Waals surface area contributed by atoms with Crippen LogP contribution in [-0.4, -0.2) is 17.3 Å². The minimum atomic E-state index is 0.383. The number of nitrogens with zero attached hydrogens (tertiary/aromatic N) is 2. The normalized spacial score (nSPS) is 10.8. The molecule has 1 heterocycles. The average molecular weight is 305 g/mol. The number of halogens is 2. The van der Waals surface area contributed by atoms with Gasteiger partial charge in [-0.1, -0.05) is 47.5 Å². The third-order valence-corrected chi connectivity index (χ3v) is 3.67. The Morgan fingerprint density at radius 1 is 0.950 bits per heavy atom. The van der Waals surface area contributed by atoms with Crippen LogP contribution in [0.5, 0.6) is 5.75 Å². The molecule has 3 nitrogen and oxygen atoms in total. The van der Waals surface area contributed by atoms with E-state index in [0.29, 0.717) is 21.6 Å². The van der Waals surface area contributed by atoms with Gasteiger partial charge >= 0.3 is 0 Å². The maximum absolute atomic E-state index is 6.30. The van der Waals surface area contributed by atoms with Crippen LogP contribution in [-0.2, 0) is 0 Å². The number of hydrogen-bond donors (Lipinski definition) is 0. The van der Waals surface area contributed by atoms with Gasteiger partial charge in [0.1, 0.15) is 11.4 Å². The summed E-state index contributed by atoms with van der Waals surface area (Å²) in [5, 5.41) is 10.9. The molecular weight excluding hydrogens is 295 g/mol. The van der Waals surface area contributed by atoms with Crippen molar-refractivity contribution in [2.24, 2.45) is 0 Å². The van der Waals surface area contributed by atoms with E-state index >= 15 is 0 Å². The fourth-order valence-corrected chi connectivity index (χ4v) is 2.55. The summed E-state index contributed by atoms with van der Waals surface area (Å²) in [6.45, 7) is 0. The molecule has 5 heteroatoms. The standard InChI is InChI=1S/C15H10Cl2N2O/c1-20-9-6-7-12(13(16)8-9)14-10-4-2-3-5-11(10)15(17)19-18-14/h2-8H,1H3. The van der Waals surface area contributed by atoms with Gasteiger partial charge in [-0.2, -0.15) is 0 Å². The topological polar surface area (TPSA) is 35.0 Å². The number of ether oxygens (including phenoxy) is 1. The van der Waals surface area contributed by atoms with Gasteiger partial charge in [-0.3, -0.25) is 0 Å². The molecule has 0 saturated carbocycles. The lowest BCUT2D eigenvalue weighted by molar-refractivity contribution is 0.415. The Labute approximate surface area is 126 Å². The summed E-state index contributed by atoms with van der Waals surface area (Å²) in [6, 6.07) is 13.2. The first-order valence-corrected chi connectivity index (χ1v) is 6.71. The van der Waals surface area contributed by atoms with Crippen LogP contribution in [0.25, 0.3) is 22.0 Å². The second kappa shape index (κ2) is 5.27. The molecule has 0 unspecified atom stereocenters. The molecule has 0 bridgehead atoms. The molecule has 1 aromatic heterocycles. The predicted molar refractivity (Wildman–Crippen MR) is 81.5 cm³/mol. The van der Waals surface area contributed by atoms with Crippen molar-refractivity contribution in [3.05, 3.63) is 52.6 Å². The first-order valence-electron chi connectivity index (χ1n) is 5.95. The highest BCUT2D eigenvalue weighted by Crippen LogP contribution is 2.35. The Morgan fingerprint density at radius 3 is 2.40 bits per heavy atom. The average Bonchev–Trinajstić information content (AvgIpc) is 2.48. The van der Waals surface area contributed by atoms with E-state index in [1.54, 1.807) is 13.2 Å². The Balaban J connectivity index is 2.27. The van der Waals surface area contributed by atoms with E-state index in [2.05, 4.69) is 10.2 Å². The summed E-state index contributed by atoms with van der Waals surface area (Å²) in [4.78, 5) is 0. The van der Waals surface area contributed by atoms with Crippen LogP contribution >= 0.6 is 23.2 Å². The monoisotopic (exact) mass is 304 g/mol. The third kappa shape index (κ3) is 2.19. The molecular formula is C15H10Cl2N2O. The molecule has 0 N–H and O–H groups in total. The van der Waals surface area contributed by atoms with Gasteiger partial charge in [0.2, 0.25) is 0 Å². The van der Waals surface area contributed by atoms with Crippen molar-refractivity contribution in [1.29, 1.82) is 0 Å². The number of hydrogen-bond acceptors (Lipinski definition) is 3. The van der Waals surface area contributed by atoms with Crippen molar-refractivity contribution >= 4 is 34.0 Å². The molecule has 20 heavy (non-hydrogen) atoms. The predicted octanol–water partition coefficient (Wildman–Crippen LogP) is 4.61. The molecule has 0 saturated heterocycles. The smallest absolute Gasteiger partial charge is 0.159 e. The molecule has 0 radical (unpaired) electrons. The highest BCUT2D eigenvalue weighted by molar-refractivity contribution is 6.35. The van der Waals surface area contributed by atoms with Gasteiger partial charge in [-0.25, -0.2) is 0 Å². The zero-order chi connectivity index (χ0) is 14.1. The van der Waals surface area contributed by atoms with E-state index in [-0.39, 0.29) is 0 Å². The van der Waals surface area contributed by atoms with Crippen molar-refractivity contribution < 1.29 is 4.74 Å². The molecule has 0 spiro atoms. The lowest BCUT2D eigenvalue weighted by Gasteiger charge is -2.09. The van der Waals surface area contributed by atoms with E-state index in [4.69, 9.17) is 27.9 Å². The van der Waals surface area contributed by atoms with Gasteiger partial charge in [0.15, 0.2) is 5.15 Å². The molecule has 0 aliphatic carbocycles. The molecule has 0 amide bonds. The Morgan fingerprint density at radius 2 is 1.70 bits per heavy atom. The zero-order valence-corrected chi connectivity index (χ0v) is 12.1. The third-order valence-electron chi connectivity index (χ3n) is 3.07. The van der Waals surface area contributed by atoms with E-state index in [1.165, 1.54) is 0 Å². The van der Waals surface area contributed by atoms with Crippen LogP contribution in [0.15, 0.2) is 42.5 Å². The quantitative estimate of drug-likeness (QED) is 0.693. The number of benzene rings is 2. The Kier molecular flexibility index (Phi) is 3.47. The highest BCUT2D eigenvalue weighted by Gasteiger charge is 2.12. The SMILES string of the molecule is COc1ccc(-c2nnc(Cl)c3ccccc23)c(Cl)c1. The first kappa shape index (κ1) is 13.2. The van der Waals surface area contributed by atoms with Crippen molar-refractivity contribution in [3.8, 4) is 17.0 Å². The van der Waals surface area contributed by atoms with Crippen LogP contribution in [0.4, 0.5) is 0 Å². The van der Waals surface area contributed by atoms with Gasteiger partial charge in [-0.05, 0) is 18.2 Å². The summed E-state index contributed by atoms with van der Waals surface area (Å²) in [6.07, 6.45) is 0. The second-order valence-electron chi connectivity index (χ2n) is 4.23. The van der Waals surface area contributed by atoms with E-state index in [0.717, 1.165) is 16.3 Å². The van der Waals surface area contributed by atoms with Gasteiger partial charge in [0.05, 0.1) is 12.1 Å². The second-order valence-corrected chi connectivity index (χ2v) is 5.00. The number of aromatic nitrogens is 2. The lowest BCUT2D eigenvalue weighted by Crippen LogP contribution is -1.92. The van der Waals surface area contributed by atoms with Gasteiger partial charge in [-0.15, -0.1) is 10.2 Å². The fraction of sp³-hybridized carbons (Fsp3) is 0.0667. The van der Waals surface area contributed by atoms with Crippen LogP contribution < -0.4 is 4.74 Å². The molecule has 100 valence electrons. The maximum Gasteiger partial charge on any atom is 0.159 e. The largest absolute Gasteiger partial charge is 0.497 e.